The van der Waals surface area contributed by atoms with Gasteiger partial charge in [0.25, 0.3) is 0 Å². The van der Waals surface area contributed by atoms with E-state index in [-0.39, 0.29) is 5.70 Å². The normalized spacial score (nSPS) is 15.2. The Morgan fingerprint density at radius 3 is 2.21 bits per heavy atom. The van der Waals surface area contributed by atoms with Crippen LogP contribution in [0.4, 0.5) is 17.6 Å². The first-order valence-electron chi connectivity index (χ1n) is 9.16. The molecular formula is C22H27F4NO. The van der Waals surface area contributed by atoms with Gasteiger partial charge in [0.2, 0.25) is 0 Å². The molecule has 2 unspecified atom stereocenters. The Kier molecular flexibility index (Phi) is 8.69. The van der Waals surface area contributed by atoms with E-state index in [9.17, 15) is 22.7 Å². The van der Waals surface area contributed by atoms with Gasteiger partial charge in [-0.05, 0) is 41.7 Å². The molecule has 3 N–H and O–H groups in total. The van der Waals surface area contributed by atoms with E-state index < -0.39 is 36.4 Å². The van der Waals surface area contributed by atoms with Crippen molar-refractivity contribution in [3.8, 4) is 0 Å². The highest BCUT2D eigenvalue weighted by atomic mass is 19.4. The summed E-state index contributed by atoms with van der Waals surface area (Å²) in [5.74, 6) is -1.24. The molecule has 0 saturated carbocycles. The molecule has 0 saturated heterocycles. The molecule has 0 aliphatic rings. The van der Waals surface area contributed by atoms with E-state index in [2.05, 4.69) is 0 Å². The van der Waals surface area contributed by atoms with E-state index in [1.54, 1.807) is 30.3 Å². The lowest BCUT2D eigenvalue weighted by molar-refractivity contribution is -0.263. The van der Waals surface area contributed by atoms with Crippen molar-refractivity contribution in [1.29, 1.82) is 0 Å². The van der Waals surface area contributed by atoms with Gasteiger partial charge in [-0.3, -0.25) is 0 Å². The molecule has 28 heavy (non-hydrogen) atoms. The highest BCUT2D eigenvalue weighted by Gasteiger charge is 2.54. The van der Waals surface area contributed by atoms with E-state index in [0.717, 1.165) is 0 Å². The number of halogens is 4. The molecule has 0 radical (unpaired) electrons. The summed E-state index contributed by atoms with van der Waals surface area (Å²) in [5.41, 5.74) is 3.71. The molecule has 154 valence electrons. The fraction of sp³-hybridized carbons (Fsp3) is 0.364. The van der Waals surface area contributed by atoms with Crippen LogP contribution in [0.5, 0.6) is 0 Å². The topological polar surface area (TPSA) is 46.2 Å². The van der Waals surface area contributed by atoms with E-state index >= 15 is 0 Å². The van der Waals surface area contributed by atoms with Crippen LogP contribution in [0, 0.1) is 5.82 Å². The minimum atomic E-state index is -4.87. The fourth-order valence-corrected chi connectivity index (χ4v) is 2.88. The van der Waals surface area contributed by atoms with Gasteiger partial charge in [-0.25, -0.2) is 4.39 Å². The Hall–Kier alpha value is -2.34. The van der Waals surface area contributed by atoms with Gasteiger partial charge in [-0.2, -0.15) is 13.2 Å². The maximum atomic E-state index is 13.6. The summed E-state index contributed by atoms with van der Waals surface area (Å²) in [5, 5.41) is 10.4. The third-order valence-electron chi connectivity index (χ3n) is 4.24. The zero-order valence-electron chi connectivity index (χ0n) is 16.3. The van der Waals surface area contributed by atoms with Crippen molar-refractivity contribution in [2.45, 2.75) is 51.3 Å². The van der Waals surface area contributed by atoms with Crippen LogP contribution in [-0.4, -0.2) is 16.9 Å². The second kappa shape index (κ2) is 10.3. The highest BCUT2D eigenvalue weighted by Crippen LogP contribution is 2.41. The second-order valence-corrected chi connectivity index (χ2v) is 6.50. The van der Waals surface area contributed by atoms with Gasteiger partial charge in [0.15, 0.2) is 5.60 Å². The van der Waals surface area contributed by atoms with Gasteiger partial charge < -0.3 is 10.8 Å². The molecule has 0 fully saturated rings. The monoisotopic (exact) mass is 397 g/mol. The number of nitrogens with two attached hydrogens (primary N) is 1. The maximum absolute atomic E-state index is 13.6. The summed E-state index contributed by atoms with van der Waals surface area (Å²) in [6.07, 6.45) is -4.85. The molecule has 0 heterocycles. The molecule has 0 spiro atoms. The molecule has 2 aromatic carbocycles. The molecule has 2 nitrogen and oxygen atoms in total. The molecule has 2 atom stereocenters. The minimum absolute atomic E-state index is 0.0810. The van der Waals surface area contributed by atoms with Crippen molar-refractivity contribution < 1.29 is 22.7 Å². The molecule has 0 bridgehead atoms. The molecule has 6 heteroatoms. The molecule has 0 aliphatic heterocycles. The predicted molar refractivity (Wildman–Crippen MR) is 105 cm³/mol. The molecule has 0 aromatic heterocycles. The Morgan fingerprint density at radius 2 is 1.68 bits per heavy atom. The van der Waals surface area contributed by atoms with Crippen LogP contribution >= 0.6 is 0 Å². The lowest BCUT2D eigenvalue weighted by Crippen LogP contribution is -2.47. The zero-order valence-corrected chi connectivity index (χ0v) is 16.3. The third-order valence-corrected chi connectivity index (χ3v) is 4.24. The zero-order chi connectivity index (χ0) is 21.4. The highest BCUT2D eigenvalue weighted by molar-refractivity contribution is 5.52. The van der Waals surface area contributed by atoms with Crippen LogP contribution in [0.25, 0.3) is 6.08 Å². The summed E-state index contributed by atoms with van der Waals surface area (Å²) < 4.78 is 54.0. The average Bonchev–Trinajstić information content (AvgIpc) is 2.63. The number of alkyl halides is 3. The van der Waals surface area contributed by atoms with Crippen molar-refractivity contribution in [2.75, 3.05) is 0 Å². The van der Waals surface area contributed by atoms with Gasteiger partial charge in [0.05, 0.1) is 0 Å². The van der Waals surface area contributed by atoms with Crippen molar-refractivity contribution in [3.05, 3.63) is 77.2 Å². The molecular weight excluding hydrogens is 370 g/mol. The Balaban J connectivity index is 0.00000190. The maximum Gasteiger partial charge on any atom is 0.417 e. The first-order valence-corrected chi connectivity index (χ1v) is 9.16. The average molecular weight is 397 g/mol. The van der Waals surface area contributed by atoms with Gasteiger partial charge >= 0.3 is 6.18 Å². The molecule has 2 rings (SSSR count). The number of hydrogen-bond acceptors (Lipinski definition) is 2. The van der Waals surface area contributed by atoms with Gasteiger partial charge in [-0.15, -0.1) is 0 Å². The van der Waals surface area contributed by atoms with Crippen LogP contribution in [0.1, 0.15) is 50.7 Å². The van der Waals surface area contributed by atoms with Gasteiger partial charge in [0.1, 0.15) is 5.82 Å². The van der Waals surface area contributed by atoms with Crippen LogP contribution in [-0.2, 0) is 0 Å². The van der Waals surface area contributed by atoms with Crippen LogP contribution in [0.3, 0.4) is 0 Å². The van der Waals surface area contributed by atoms with Crippen molar-refractivity contribution in [3.63, 3.8) is 0 Å². The first kappa shape index (κ1) is 23.7. The number of hydrogen-bond donors (Lipinski definition) is 2. The van der Waals surface area contributed by atoms with E-state index in [4.69, 9.17) is 5.73 Å². The van der Waals surface area contributed by atoms with Crippen LogP contribution < -0.4 is 5.73 Å². The quantitative estimate of drug-likeness (QED) is 0.585. The SMILES string of the molecule is CC.CC(CC(O)(C/C(N)=C/c1ccccc1)C(F)(F)F)c1cccc(F)c1. The Labute approximate surface area is 163 Å². The van der Waals surface area contributed by atoms with E-state index in [0.29, 0.717) is 11.1 Å². The van der Waals surface area contributed by atoms with E-state index in [1.807, 2.05) is 13.8 Å². The Morgan fingerprint density at radius 1 is 1.07 bits per heavy atom. The first-order chi connectivity index (χ1) is 13.1. The lowest BCUT2D eigenvalue weighted by atomic mass is 9.83. The summed E-state index contributed by atoms with van der Waals surface area (Å²) in [6, 6.07) is 14.0. The summed E-state index contributed by atoms with van der Waals surface area (Å²) >= 11 is 0. The number of aliphatic hydroxyl groups is 1. The van der Waals surface area contributed by atoms with Crippen LogP contribution in [0.15, 0.2) is 60.3 Å². The molecule has 0 aliphatic carbocycles. The summed E-state index contributed by atoms with van der Waals surface area (Å²) in [6.45, 7) is 5.52. The largest absolute Gasteiger partial charge is 0.417 e. The van der Waals surface area contributed by atoms with Gasteiger partial charge in [-0.1, -0.05) is 63.2 Å². The third kappa shape index (κ3) is 6.68. The lowest BCUT2D eigenvalue weighted by Gasteiger charge is -2.33. The van der Waals surface area contributed by atoms with Crippen molar-refractivity contribution in [1.82, 2.24) is 0 Å². The molecule has 2 aromatic rings. The summed E-state index contributed by atoms with van der Waals surface area (Å²) in [7, 11) is 0. The van der Waals surface area contributed by atoms with Crippen molar-refractivity contribution in [2.24, 2.45) is 5.73 Å². The number of rotatable bonds is 6. The van der Waals surface area contributed by atoms with Crippen LogP contribution in [0.2, 0.25) is 0 Å². The van der Waals surface area contributed by atoms with Crippen molar-refractivity contribution >= 4 is 6.08 Å². The second-order valence-electron chi connectivity index (χ2n) is 6.50. The smallest absolute Gasteiger partial charge is 0.402 e. The Bertz CT molecular complexity index is 759. The number of benzene rings is 2. The fourth-order valence-electron chi connectivity index (χ4n) is 2.88. The van der Waals surface area contributed by atoms with E-state index in [1.165, 1.54) is 37.3 Å². The predicted octanol–water partition coefficient (Wildman–Crippen LogP) is 6.03. The minimum Gasteiger partial charge on any atom is -0.402 e. The molecule has 0 amide bonds. The standard InChI is InChI=1S/C20H21F4NO.C2H6/c1-14(16-8-5-9-17(21)11-16)12-19(26,20(22,23)24)13-18(25)10-15-6-3-2-4-7-15;1-2/h2-11,14,26H,12-13,25H2,1H3;1-2H3/b18-10-;. The van der Waals surface area contributed by atoms with Gasteiger partial charge in [0, 0.05) is 12.1 Å². The summed E-state index contributed by atoms with van der Waals surface area (Å²) in [4.78, 5) is 0.